The van der Waals surface area contributed by atoms with Gasteiger partial charge in [0, 0.05) is 18.5 Å². The number of benzene rings is 3. The van der Waals surface area contributed by atoms with Crippen LogP contribution in [0.1, 0.15) is 11.1 Å². The van der Waals surface area contributed by atoms with Gasteiger partial charge in [0.05, 0.1) is 10.6 Å². The van der Waals surface area contributed by atoms with Gasteiger partial charge in [-0.2, -0.15) is 0 Å². The number of aromatic hydroxyl groups is 2. The number of hydrogen-bond acceptors (Lipinski definition) is 6. The maximum Gasteiger partial charge on any atom is 0.296 e. The van der Waals surface area contributed by atoms with Gasteiger partial charge in [0.2, 0.25) is 0 Å². The molecule has 0 aliphatic rings. The van der Waals surface area contributed by atoms with Crippen LogP contribution >= 0.6 is 0 Å². The number of nitro groups is 1. The van der Waals surface area contributed by atoms with Crippen LogP contribution in [0.25, 0.3) is 0 Å². The lowest BCUT2D eigenvalue weighted by Gasteiger charge is -2.00. The number of phenols is 2. The monoisotopic (exact) mass is 361 g/mol. The summed E-state index contributed by atoms with van der Waals surface area (Å²) < 4.78 is 0. The van der Waals surface area contributed by atoms with Crippen molar-refractivity contribution in [3.8, 4) is 11.5 Å². The molecule has 7 nitrogen and oxygen atoms in total. The van der Waals surface area contributed by atoms with E-state index < -0.39 is 4.92 Å². The average Bonchev–Trinajstić information content (AvgIpc) is 2.65. The Morgan fingerprint density at radius 3 is 1.96 bits per heavy atom. The van der Waals surface area contributed by atoms with Gasteiger partial charge in [-0.3, -0.25) is 15.1 Å². The molecule has 3 rings (SSSR count). The highest BCUT2D eigenvalue weighted by Gasteiger charge is 2.13. The topological polar surface area (TPSA) is 108 Å². The number of nitro benzene ring substituents is 1. The summed E-state index contributed by atoms with van der Waals surface area (Å²) in [5, 5.41) is 30.3. The lowest BCUT2D eigenvalue weighted by atomic mass is 10.2. The van der Waals surface area contributed by atoms with Crippen molar-refractivity contribution in [2.45, 2.75) is 0 Å². The van der Waals surface area contributed by atoms with E-state index in [1.54, 1.807) is 36.4 Å². The molecule has 0 fully saturated rings. The molecule has 0 atom stereocenters. The SMILES string of the molecule is O=[N+]([O-])c1cc(N=Cc2cccc(O)c2)ccc1N=Cc1cccc(O)c1. The molecule has 0 aliphatic heterocycles. The Bertz CT molecular complexity index is 1040. The minimum atomic E-state index is -0.525. The van der Waals surface area contributed by atoms with Gasteiger partial charge in [-0.05, 0) is 47.5 Å². The van der Waals surface area contributed by atoms with Crippen LogP contribution in [0.3, 0.4) is 0 Å². The molecule has 7 heteroatoms. The summed E-state index contributed by atoms with van der Waals surface area (Å²) in [6, 6.07) is 17.4. The highest BCUT2D eigenvalue weighted by molar-refractivity contribution is 5.85. The fourth-order valence-electron chi connectivity index (χ4n) is 2.35. The minimum Gasteiger partial charge on any atom is -0.508 e. The first-order chi connectivity index (χ1) is 13.0. The molecule has 0 aromatic heterocycles. The van der Waals surface area contributed by atoms with E-state index in [1.807, 2.05) is 0 Å². The molecule has 2 N–H and O–H groups in total. The predicted molar refractivity (Wildman–Crippen MR) is 104 cm³/mol. The Labute approximate surface area is 154 Å². The van der Waals surface area contributed by atoms with E-state index in [4.69, 9.17) is 0 Å². The van der Waals surface area contributed by atoms with Crippen LogP contribution < -0.4 is 0 Å². The Balaban J connectivity index is 1.87. The van der Waals surface area contributed by atoms with Crippen LogP contribution in [0.2, 0.25) is 0 Å². The van der Waals surface area contributed by atoms with Crippen molar-refractivity contribution in [1.82, 2.24) is 0 Å². The summed E-state index contributed by atoms with van der Waals surface area (Å²) in [4.78, 5) is 19.2. The van der Waals surface area contributed by atoms with Gasteiger partial charge in [0.1, 0.15) is 17.2 Å². The summed E-state index contributed by atoms with van der Waals surface area (Å²) in [5.41, 5.74) is 1.68. The van der Waals surface area contributed by atoms with Crippen LogP contribution in [0.4, 0.5) is 17.1 Å². The van der Waals surface area contributed by atoms with Crippen LogP contribution in [0.15, 0.2) is 76.7 Å². The van der Waals surface area contributed by atoms with Crippen LogP contribution in [0.5, 0.6) is 11.5 Å². The van der Waals surface area contributed by atoms with Crippen molar-refractivity contribution in [3.63, 3.8) is 0 Å². The van der Waals surface area contributed by atoms with E-state index in [9.17, 15) is 20.3 Å². The fourth-order valence-corrected chi connectivity index (χ4v) is 2.35. The fraction of sp³-hybridized carbons (Fsp3) is 0. The molecule has 0 saturated heterocycles. The number of rotatable bonds is 5. The third kappa shape index (κ3) is 4.76. The van der Waals surface area contributed by atoms with Crippen LogP contribution in [-0.4, -0.2) is 27.6 Å². The van der Waals surface area contributed by atoms with Gasteiger partial charge in [0.15, 0.2) is 0 Å². The zero-order valence-corrected chi connectivity index (χ0v) is 14.1. The first-order valence-corrected chi connectivity index (χ1v) is 7.96. The van der Waals surface area contributed by atoms with Crippen LogP contribution in [0, 0.1) is 10.1 Å². The molecule has 0 spiro atoms. The Kier molecular flexibility index (Phi) is 5.22. The second kappa shape index (κ2) is 7.92. The molecular formula is C20H15N3O4. The third-order valence-electron chi connectivity index (χ3n) is 3.61. The molecule has 27 heavy (non-hydrogen) atoms. The molecule has 0 radical (unpaired) electrons. The van der Waals surface area contributed by atoms with Crippen molar-refractivity contribution in [2.75, 3.05) is 0 Å². The lowest BCUT2D eigenvalue weighted by molar-refractivity contribution is -0.384. The normalized spacial score (nSPS) is 11.3. The molecule has 3 aromatic rings. The molecular weight excluding hydrogens is 346 g/mol. The highest BCUT2D eigenvalue weighted by Crippen LogP contribution is 2.31. The number of hydrogen-bond donors (Lipinski definition) is 2. The summed E-state index contributed by atoms with van der Waals surface area (Å²) in [6.07, 6.45) is 2.95. The van der Waals surface area contributed by atoms with E-state index in [0.29, 0.717) is 16.8 Å². The second-order valence-electron chi connectivity index (χ2n) is 5.64. The summed E-state index contributed by atoms with van der Waals surface area (Å²) in [5.74, 6) is 0.201. The van der Waals surface area contributed by atoms with Crippen molar-refractivity contribution in [3.05, 3.63) is 88.0 Å². The molecule has 3 aromatic carbocycles. The summed E-state index contributed by atoms with van der Waals surface area (Å²) in [6.45, 7) is 0. The zero-order valence-electron chi connectivity index (χ0n) is 14.1. The maximum absolute atomic E-state index is 11.4. The van der Waals surface area contributed by atoms with E-state index in [-0.39, 0.29) is 22.9 Å². The second-order valence-corrected chi connectivity index (χ2v) is 5.64. The van der Waals surface area contributed by atoms with E-state index in [2.05, 4.69) is 9.98 Å². The molecule has 0 amide bonds. The molecule has 134 valence electrons. The number of aliphatic imine (C=N–C) groups is 2. The average molecular weight is 361 g/mol. The highest BCUT2D eigenvalue weighted by atomic mass is 16.6. The standard InChI is InChI=1S/C20H15N3O4/c24-17-5-1-3-14(9-17)12-21-16-7-8-19(20(11-16)23(26)27)22-13-15-4-2-6-18(25)10-15/h1-13,24-25H. The smallest absolute Gasteiger partial charge is 0.296 e. The largest absolute Gasteiger partial charge is 0.508 e. The lowest BCUT2D eigenvalue weighted by Crippen LogP contribution is -1.89. The Hall–Kier alpha value is -4.00. The van der Waals surface area contributed by atoms with Crippen molar-refractivity contribution in [1.29, 1.82) is 0 Å². The molecule has 0 aliphatic carbocycles. The van der Waals surface area contributed by atoms with Crippen molar-refractivity contribution in [2.24, 2.45) is 9.98 Å². The van der Waals surface area contributed by atoms with Gasteiger partial charge in [-0.25, -0.2) is 4.99 Å². The Morgan fingerprint density at radius 1 is 0.815 bits per heavy atom. The first-order valence-electron chi connectivity index (χ1n) is 7.96. The predicted octanol–water partition coefficient (Wildman–Crippen LogP) is 4.51. The van der Waals surface area contributed by atoms with Gasteiger partial charge in [-0.1, -0.05) is 24.3 Å². The molecule has 0 saturated carbocycles. The molecule has 0 heterocycles. The van der Waals surface area contributed by atoms with Crippen LogP contribution in [-0.2, 0) is 0 Å². The quantitative estimate of drug-likeness (QED) is 0.396. The molecule has 0 unspecified atom stereocenters. The first kappa shape index (κ1) is 17.8. The summed E-state index contributed by atoms with van der Waals surface area (Å²) in [7, 11) is 0. The molecule has 0 bridgehead atoms. The number of nitrogens with zero attached hydrogens (tertiary/aromatic N) is 3. The van der Waals surface area contributed by atoms with Gasteiger partial charge < -0.3 is 10.2 Å². The van der Waals surface area contributed by atoms with E-state index in [0.717, 1.165) is 0 Å². The van der Waals surface area contributed by atoms with Crippen molar-refractivity contribution >= 4 is 29.5 Å². The van der Waals surface area contributed by atoms with Gasteiger partial charge in [0.25, 0.3) is 5.69 Å². The van der Waals surface area contributed by atoms with Gasteiger partial charge >= 0.3 is 0 Å². The van der Waals surface area contributed by atoms with Gasteiger partial charge in [-0.15, -0.1) is 0 Å². The van der Waals surface area contributed by atoms with E-state index >= 15 is 0 Å². The Morgan fingerprint density at radius 2 is 1.41 bits per heavy atom. The summed E-state index contributed by atoms with van der Waals surface area (Å²) >= 11 is 0. The maximum atomic E-state index is 11.4. The third-order valence-corrected chi connectivity index (χ3v) is 3.61. The zero-order chi connectivity index (χ0) is 19.2. The number of phenolic OH excluding ortho intramolecular Hbond substituents is 2. The minimum absolute atomic E-state index is 0.0880. The van der Waals surface area contributed by atoms with Crippen molar-refractivity contribution < 1.29 is 15.1 Å². The van der Waals surface area contributed by atoms with E-state index in [1.165, 1.54) is 42.8 Å².